The third-order valence-electron chi connectivity index (χ3n) is 6.21. The van der Waals surface area contributed by atoms with Crippen molar-refractivity contribution in [2.24, 2.45) is 0 Å². The number of benzene rings is 3. The number of aryl methyl sites for hydroxylation is 6. The molecule has 2 radical (unpaired) electrons. The van der Waals surface area contributed by atoms with Gasteiger partial charge in [0.25, 0.3) is 0 Å². The van der Waals surface area contributed by atoms with Crippen LogP contribution in [0.4, 0.5) is 17.1 Å². The summed E-state index contributed by atoms with van der Waals surface area (Å²) in [6.45, 7) is 18.7. The molecule has 0 amide bonds. The Labute approximate surface area is 238 Å². The number of non-ortho nitro benzene ring substituents is 1. The van der Waals surface area contributed by atoms with Crippen molar-refractivity contribution in [2.45, 2.75) is 41.5 Å². The van der Waals surface area contributed by atoms with Crippen LogP contribution in [0.5, 0.6) is 5.75 Å². The fourth-order valence-electron chi connectivity index (χ4n) is 4.96. The van der Waals surface area contributed by atoms with Gasteiger partial charge >= 0.3 is 99.6 Å². The Morgan fingerprint density at radius 1 is 0.868 bits per heavy atom. The number of nitrogens with zero attached hydrogens (tertiary/aromatic N) is 3. The second kappa shape index (κ2) is 13.1. The summed E-state index contributed by atoms with van der Waals surface area (Å²) in [5, 5.41) is 10.5. The number of ether oxygens (including phenoxy) is 1. The van der Waals surface area contributed by atoms with Gasteiger partial charge in [0.05, 0.1) is 0 Å². The minimum absolute atomic E-state index is 0.00852. The number of rotatable bonds is 5. The second-order valence-corrected chi connectivity index (χ2v) is 15.1. The quantitative estimate of drug-likeness (QED) is 0.163. The Morgan fingerprint density at radius 3 is 1.68 bits per heavy atom. The summed E-state index contributed by atoms with van der Waals surface area (Å²) < 4.78 is 6.64. The van der Waals surface area contributed by atoms with Crippen LogP contribution in [0.15, 0.2) is 42.5 Å². The van der Waals surface area contributed by atoms with Gasteiger partial charge in [-0.1, -0.05) is 35.4 Å². The Balaban J connectivity index is 0.000000232. The van der Waals surface area contributed by atoms with Crippen LogP contribution in [0.25, 0.3) is 0 Å². The molecule has 4 rings (SSSR count). The molecule has 0 N–H and O–H groups in total. The molecule has 0 atom stereocenters. The maximum atomic E-state index is 10.5. The molecular formula is C29H33Cl2N3O3Ru. The first-order valence-electron chi connectivity index (χ1n) is 12.0. The van der Waals surface area contributed by atoms with E-state index in [2.05, 4.69) is 82.3 Å². The van der Waals surface area contributed by atoms with E-state index in [9.17, 15) is 10.1 Å². The van der Waals surface area contributed by atoms with Gasteiger partial charge in [-0.05, 0) is 63.8 Å². The summed E-state index contributed by atoms with van der Waals surface area (Å²) in [5.41, 5.74) is 11.1. The van der Waals surface area contributed by atoms with Gasteiger partial charge in [-0.2, -0.15) is 0 Å². The van der Waals surface area contributed by atoms with Crippen molar-refractivity contribution >= 4 is 41.1 Å². The Bertz CT molecular complexity index is 1260. The molecule has 0 bridgehead atoms. The fourth-order valence-corrected chi connectivity index (χ4v) is 6.75. The summed E-state index contributed by atoms with van der Waals surface area (Å²) in [6, 6.07) is 13.3. The molecule has 0 unspecified atom stereocenters. The molecule has 1 aliphatic rings. The zero-order valence-electron chi connectivity index (χ0n) is 22.7. The Morgan fingerprint density at radius 2 is 1.32 bits per heavy atom. The number of methoxy groups -OCH3 is 1. The number of hydrogen-bond acceptors (Lipinski definition) is 5. The van der Waals surface area contributed by atoms with E-state index in [-0.39, 0.29) is 5.69 Å². The molecule has 0 aromatic heterocycles. The van der Waals surface area contributed by atoms with Crippen LogP contribution in [0.2, 0.25) is 0 Å². The average Bonchev–Trinajstić information content (AvgIpc) is 3.26. The van der Waals surface area contributed by atoms with E-state index >= 15 is 0 Å². The molecule has 38 heavy (non-hydrogen) atoms. The summed E-state index contributed by atoms with van der Waals surface area (Å²) in [6.07, 6.45) is 0. The number of nitro groups is 1. The Kier molecular flexibility index (Phi) is 10.3. The van der Waals surface area contributed by atoms with Crippen LogP contribution < -0.4 is 14.5 Å². The molecule has 3 aromatic rings. The predicted molar refractivity (Wildman–Crippen MR) is 156 cm³/mol. The van der Waals surface area contributed by atoms with Crippen molar-refractivity contribution in [3.05, 3.63) is 98.2 Å². The van der Waals surface area contributed by atoms with E-state index in [4.69, 9.17) is 24.1 Å². The van der Waals surface area contributed by atoms with Crippen LogP contribution in [0.1, 0.15) is 38.9 Å². The monoisotopic (exact) mass is 643 g/mol. The molecule has 0 spiro atoms. The van der Waals surface area contributed by atoms with Gasteiger partial charge in [-0.25, -0.2) is 0 Å². The molecule has 204 valence electrons. The van der Waals surface area contributed by atoms with Crippen molar-refractivity contribution in [1.29, 1.82) is 0 Å². The van der Waals surface area contributed by atoms with Gasteiger partial charge < -0.3 is 9.80 Å². The fraction of sp³-hybridized carbons (Fsp3) is 0.310. The summed E-state index contributed by atoms with van der Waals surface area (Å²) in [5.74, 6) is 0.528. The number of anilines is 2. The molecule has 1 heterocycles. The van der Waals surface area contributed by atoms with E-state index in [0.29, 0.717) is 11.3 Å². The molecule has 9 heteroatoms. The molecule has 3 aromatic carbocycles. The minimum atomic E-state index is -2.01. The van der Waals surface area contributed by atoms with Crippen LogP contribution in [0, 0.1) is 58.3 Å². The van der Waals surface area contributed by atoms with Crippen molar-refractivity contribution in [3.63, 3.8) is 0 Å². The maximum Gasteiger partial charge on any atom is 0.208 e. The summed E-state index contributed by atoms with van der Waals surface area (Å²) >= 11 is -2.01. The van der Waals surface area contributed by atoms with Gasteiger partial charge in [0.2, 0.25) is 6.67 Å². The molecule has 1 saturated heterocycles. The van der Waals surface area contributed by atoms with Gasteiger partial charge in [-0.15, -0.1) is 0 Å². The topological polar surface area (TPSA) is 58.9 Å². The molecular weight excluding hydrogens is 610 g/mol. The maximum absolute atomic E-state index is 10.5. The predicted octanol–water partition coefficient (Wildman–Crippen LogP) is 7.54. The standard InChI is InChI=1S/C21H26N2.C8H7NO3.2ClH.Ru/c1-14-9-16(3)20(17(4)10-14)22-7-8-23(13-22)21-18(5)11-15(2)12-19(21)6;1-6-5-7(9(10)11)3-4-8(6)12-2;;;/h9-12H,7-8H2,1-6H3;1,3-5H,2H3;2*1H;/q;;;;+2/p-2. The van der Waals surface area contributed by atoms with Crippen LogP contribution in [0.3, 0.4) is 0 Å². The largest absolute Gasteiger partial charge is 0.339 e. The summed E-state index contributed by atoms with van der Waals surface area (Å²) in [4.78, 5) is 14.6. The first kappa shape index (κ1) is 30.1. The number of hydrogen-bond donors (Lipinski definition) is 0. The number of halogens is 2. The smallest absolute Gasteiger partial charge is 0.208 e. The van der Waals surface area contributed by atoms with Gasteiger partial charge in [-0.3, -0.25) is 0 Å². The number of nitro benzene ring substituents is 1. The van der Waals surface area contributed by atoms with Crippen molar-refractivity contribution < 1.29 is 23.2 Å². The SMILES string of the molecule is COc1ccc([N+](=O)[O-])cc1[CH]=[Ru]([Cl])[Cl].Cc1cc(C)c(N2[C]N(c3c(C)cc(C)cc3C)CC2)c(C)c1. The normalized spacial score (nSPS) is 13.1. The Hall–Kier alpha value is -2.47. The van der Waals surface area contributed by atoms with E-state index in [1.165, 1.54) is 70.1 Å². The molecule has 1 fully saturated rings. The third-order valence-corrected chi connectivity index (χ3v) is 8.04. The first-order chi connectivity index (χ1) is 17.9. The van der Waals surface area contributed by atoms with E-state index in [0.717, 1.165) is 13.1 Å². The minimum Gasteiger partial charge on any atom is -0.339 e. The average molecular weight is 644 g/mol. The van der Waals surface area contributed by atoms with Gasteiger partial charge in [0.15, 0.2) is 0 Å². The zero-order valence-corrected chi connectivity index (χ0v) is 26.0. The first-order valence-corrected chi connectivity index (χ1v) is 17.5. The van der Waals surface area contributed by atoms with Gasteiger partial charge in [0.1, 0.15) is 0 Å². The van der Waals surface area contributed by atoms with Crippen molar-refractivity contribution in [2.75, 3.05) is 30.0 Å². The van der Waals surface area contributed by atoms with E-state index in [1.807, 2.05) is 0 Å². The molecule has 1 aliphatic heterocycles. The van der Waals surface area contributed by atoms with E-state index in [1.54, 1.807) is 4.61 Å². The summed E-state index contributed by atoms with van der Waals surface area (Å²) in [7, 11) is 12.9. The van der Waals surface area contributed by atoms with Crippen molar-refractivity contribution in [1.82, 2.24) is 0 Å². The van der Waals surface area contributed by atoms with Crippen LogP contribution >= 0.6 is 19.4 Å². The molecule has 6 nitrogen and oxygen atoms in total. The molecule has 0 saturated carbocycles. The zero-order chi connectivity index (χ0) is 28.1. The van der Waals surface area contributed by atoms with Crippen LogP contribution in [-0.4, -0.2) is 29.7 Å². The van der Waals surface area contributed by atoms with Crippen molar-refractivity contribution in [3.8, 4) is 5.75 Å². The second-order valence-electron chi connectivity index (χ2n) is 9.39. The van der Waals surface area contributed by atoms with Crippen LogP contribution in [-0.2, 0) is 13.5 Å². The molecule has 0 aliphatic carbocycles. The van der Waals surface area contributed by atoms with Gasteiger partial charge in [0, 0.05) is 24.5 Å². The van der Waals surface area contributed by atoms with E-state index < -0.39 is 18.4 Å². The third kappa shape index (κ3) is 7.34.